The summed E-state index contributed by atoms with van der Waals surface area (Å²) in [5.41, 5.74) is 2.26. The van der Waals surface area contributed by atoms with Crippen LogP contribution in [0, 0.1) is 6.92 Å². The number of pyridine rings is 1. The quantitative estimate of drug-likeness (QED) is 0.864. The molecule has 3 nitrogen and oxygen atoms in total. The summed E-state index contributed by atoms with van der Waals surface area (Å²) in [6.45, 7) is 6.35. The minimum absolute atomic E-state index is 0.541. The second-order valence-corrected chi connectivity index (χ2v) is 6.28. The van der Waals surface area contributed by atoms with E-state index in [1.54, 1.807) is 0 Å². The molecule has 20 heavy (non-hydrogen) atoms. The van der Waals surface area contributed by atoms with Gasteiger partial charge in [0.1, 0.15) is 0 Å². The highest BCUT2D eigenvalue weighted by Gasteiger charge is 2.15. The topological polar surface area (TPSA) is 28.2 Å². The van der Waals surface area contributed by atoms with Crippen LogP contribution in [-0.2, 0) is 6.54 Å². The standard InChI is InChI=1S/C17H29N3/c1-14-8-7-11-17(19-14)13-20(3)15(2)12-18-16-9-5-4-6-10-16/h7-8,11,15-16,18H,4-6,9-10,12-13H2,1-3H3. The molecule has 0 aromatic carbocycles. The van der Waals surface area contributed by atoms with E-state index in [0.29, 0.717) is 6.04 Å². The number of nitrogens with one attached hydrogen (secondary N) is 1. The second kappa shape index (κ2) is 7.75. The van der Waals surface area contributed by atoms with Crippen molar-refractivity contribution in [1.29, 1.82) is 0 Å². The molecule has 1 aromatic rings. The van der Waals surface area contributed by atoms with Crippen LogP contribution in [0.3, 0.4) is 0 Å². The molecule has 0 amide bonds. The fourth-order valence-corrected chi connectivity index (χ4v) is 2.90. The van der Waals surface area contributed by atoms with Crippen molar-refractivity contribution in [3.8, 4) is 0 Å². The molecule has 1 fully saturated rings. The number of hydrogen-bond acceptors (Lipinski definition) is 3. The highest BCUT2D eigenvalue weighted by Crippen LogP contribution is 2.17. The van der Waals surface area contributed by atoms with E-state index in [0.717, 1.165) is 30.5 Å². The molecule has 0 saturated heterocycles. The van der Waals surface area contributed by atoms with Crippen molar-refractivity contribution in [3.63, 3.8) is 0 Å². The van der Waals surface area contributed by atoms with E-state index in [-0.39, 0.29) is 0 Å². The van der Waals surface area contributed by atoms with Crippen LogP contribution in [0.4, 0.5) is 0 Å². The smallest absolute Gasteiger partial charge is 0.0547 e. The Morgan fingerprint density at radius 1 is 1.30 bits per heavy atom. The van der Waals surface area contributed by atoms with Crippen LogP contribution in [0.1, 0.15) is 50.4 Å². The molecule has 2 rings (SSSR count). The SMILES string of the molecule is Cc1cccc(CN(C)C(C)CNC2CCCCC2)n1. The van der Waals surface area contributed by atoms with E-state index in [1.807, 2.05) is 0 Å². The van der Waals surface area contributed by atoms with Crippen molar-refractivity contribution in [2.75, 3.05) is 13.6 Å². The largest absolute Gasteiger partial charge is 0.312 e. The lowest BCUT2D eigenvalue weighted by atomic mass is 9.95. The van der Waals surface area contributed by atoms with E-state index in [4.69, 9.17) is 0 Å². The summed E-state index contributed by atoms with van der Waals surface area (Å²) in [5, 5.41) is 3.74. The summed E-state index contributed by atoms with van der Waals surface area (Å²) in [7, 11) is 2.19. The molecule has 1 N–H and O–H groups in total. The van der Waals surface area contributed by atoms with E-state index in [9.17, 15) is 0 Å². The van der Waals surface area contributed by atoms with Gasteiger partial charge in [-0.25, -0.2) is 0 Å². The van der Waals surface area contributed by atoms with Crippen molar-refractivity contribution < 1.29 is 0 Å². The molecular weight excluding hydrogens is 246 g/mol. The molecule has 1 aliphatic carbocycles. The molecule has 1 saturated carbocycles. The highest BCUT2D eigenvalue weighted by atomic mass is 15.2. The van der Waals surface area contributed by atoms with Crippen LogP contribution in [0.15, 0.2) is 18.2 Å². The summed E-state index contributed by atoms with van der Waals surface area (Å²) >= 11 is 0. The van der Waals surface area contributed by atoms with Crippen molar-refractivity contribution in [3.05, 3.63) is 29.6 Å². The van der Waals surface area contributed by atoms with Crippen LogP contribution in [0.5, 0.6) is 0 Å². The van der Waals surface area contributed by atoms with Crippen molar-refractivity contribution in [2.45, 2.75) is 64.6 Å². The average Bonchev–Trinajstić information content (AvgIpc) is 2.46. The van der Waals surface area contributed by atoms with Crippen LogP contribution >= 0.6 is 0 Å². The molecule has 0 aliphatic heterocycles. The van der Waals surface area contributed by atoms with Gasteiger partial charge in [0.15, 0.2) is 0 Å². The molecule has 0 bridgehead atoms. The molecule has 1 aliphatic rings. The lowest BCUT2D eigenvalue weighted by Crippen LogP contribution is -2.42. The Kier molecular flexibility index (Phi) is 5.99. The van der Waals surface area contributed by atoms with Gasteiger partial charge in [0.05, 0.1) is 5.69 Å². The fraction of sp³-hybridized carbons (Fsp3) is 0.706. The Morgan fingerprint density at radius 3 is 2.75 bits per heavy atom. The first-order valence-corrected chi connectivity index (χ1v) is 8.01. The maximum Gasteiger partial charge on any atom is 0.0547 e. The maximum atomic E-state index is 4.58. The predicted molar refractivity (Wildman–Crippen MR) is 84.8 cm³/mol. The molecule has 112 valence electrons. The number of aryl methyl sites for hydroxylation is 1. The number of aromatic nitrogens is 1. The third kappa shape index (κ3) is 4.88. The zero-order chi connectivity index (χ0) is 14.4. The highest BCUT2D eigenvalue weighted by molar-refractivity contribution is 5.09. The van der Waals surface area contributed by atoms with Gasteiger partial charge in [-0.1, -0.05) is 25.3 Å². The van der Waals surface area contributed by atoms with Gasteiger partial charge in [-0.05, 0) is 45.9 Å². The Morgan fingerprint density at radius 2 is 2.05 bits per heavy atom. The first-order chi connectivity index (χ1) is 9.65. The maximum absolute atomic E-state index is 4.58. The van der Waals surface area contributed by atoms with Crippen molar-refractivity contribution in [2.24, 2.45) is 0 Å². The summed E-state index contributed by atoms with van der Waals surface area (Å²) in [4.78, 5) is 6.97. The Balaban J connectivity index is 1.75. The molecule has 0 spiro atoms. The van der Waals surface area contributed by atoms with Crippen molar-refractivity contribution in [1.82, 2.24) is 15.2 Å². The van der Waals surface area contributed by atoms with Crippen LogP contribution < -0.4 is 5.32 Å². The summed E-state index contributed by atoms with van der Waals surface area (Å²) in [5.74, 6) is 0. The molecule has 0 radical (unpaired) electrons. The van der Waals surface area contributed by atoms with Gasteiger partial charge in [-0.15, -0.1) is 0 Å². The third-order valence-electron chi connectivity index (χ3n) is 4.42. The van der Waals surface area contributed by atoms with E-state index in [2.05, 4.69) is 54.3 Å². The fourth-order valence-electron chi connectivity index (χ4n) is 2.90. The molecule has 1 aromatic heterocycles. The molecule has 3 heteroatoms. The first kappa shape index (κ1) is 15.5. The van der Waals surface area contributed by atoms with Gasteiger partial charge in [0, 0.05) is 30.9 Å². The number of hydrogen-bond donors (Lipinski definition) is 1. The van der Waals surface area contributed by atoms with Gasteiger partial charge >= 0.3 is 0 Å². The zero-order valence-corrected chi connectivity index (χ0v) is 13.2. The van der Waals surface area contributed by atoms with Gasteiger partial charge in [0.2, 0.25) is 0 Å². The van der Waals surface area contributed by atoms with E-state index in [1.165, 1.54) is 32.1 Å². The Hall–Kier alpha value is -0.930. The van der Waals surface area contributed by atoms with E-state index < -0.39 is 0 Å². The minimum atomic E-state index is 0.541. The van der Waals surface area contributed by atoms with Gasteiger partial charge in [-0.3, -0.25) is 9.88 Å². The second-order valence-electron chi connectivity index (χ2n) is 6.28. The van der Waals surface area contributed by atoms with Gasteiger partial charge < -0.3 is 5.32 Å². The van der Waals surface area contributed by atoms with E-state index >= 15 is 0 Å². The molecule has 1 unspecified atom stereocenters. The third-order valence-corrected chi connectivity index (χ3v) is 4.42. The molecule has 1 atom stereocenters. The first-order valence-electron chi connectivity index (χ1n) is 8.01. The Labute approximate surface area is 123 Å². The molecular formula is C17H29N3. The van der Waals surface area contributed by atoms with Crippen molar-refractivity contribution >= 4 is 0 Å². The summed E-state index contributed by atoms with van der Waals surface area (Å²) in [6, 6.07) is 7.55. The summed E-state index contributed by atoms with van der Waals surface area (Å²) in [6.07, 6.45) is 6.93. The normalized spacial score (nSPS) is 18.4. The number of rotatable bonds is 6. The van der Waals surface area contributed by atoms with Crippen LogP contribution in [0.25, 0.3) is 0 Å². The molecule has 1 heterocycles. The zero-order valence-electron chi connectivity index (χ0n) is 13.2. The lowest BCUT2D eigenvalue weighted by Gasteiger charge is -2.29. The average molecular weight is 275 g/mol. The number of nitrogens with zero attached hydrogens (tertiary/aromatic N) is 2. The predicted octanol–water partition coefficient (Wildman–Crippen LogP) is 3.13. The van der Waals surface area contributed by atoms with Gasteiger partial charge in [-0.2, -0.15) is 0 Å². The van der Waals surface area contributed by atoms with Crippen LogP contribution in [0.2, 0.25) is 0 Å². The number of likely N-dealkylation sites (N-methyl/N-ethyl adjacent to an activating group) is 1. The summed E-state index contributed by atoms with van der Waals surface area (Å²) < 4.78 is 0. The van der Waals surface area contributed by atoms with Gasteiger partial charge in [0.25, 0.3) is 0 Å². The monoisotopic (exact) mass is 275 g/mol. The minimum Gasteiger partial charge on any atom is -0.312 e. The van der Waals surface area contributed by atoms with Crippen LogP contribution in [-0.4, -0.2) is 35.6 Å². The lowest BCUT2D eigenvalue weighted by molar-refractivity contribution is 0.227. The Bertz CT molecular complexity index is 399.